The van der Waals surface area contributed by atoms with Crippen molar-refractivity contribution in [3.63, 3.8) is 0 Å². The first-order valence-electron chi connectivity index (χ1n) is 8.03. The largest absolute Gasteiger partial charge is 0.399 e. The van der Waals surface area contributed by atoms with Gasteiger partial charge in [-0.2, -0.15) is 0 Å². The van der Waals surface area contributed by atoms with Crippen molar-refractivity contribution in [1.82, 2.24) is 0 Å². The van der Waals surface area contributed by atoms with Gasteiger partial charge in [0, 0.05) is 5.69 Å². The zero-order valence-corrected chi connectivity index (χ0v) is 13.1. The van der Waals surface area contributed by atoms with E-state index in [-0.39, 0.29) is 0 Å². The molecule has 1 saturated carbocycles. The Bertz CT molecular complexity index is 416. The molecule has 0 radical (unpaired) electrons. The fourth-order valence-electron chi connectivity index (χ4n) is 3.39. The third kappa shape index (κ3) is 3.99. The van der Waals surface area contributed by atoms with Gasteiger partial charge in [0.25, 0.3) is 0 Å². The van der Waals surface area contributed by atoms with Crippen molar-refractivity contribution in [2.24, 2.45) is 17.8 Å². The van der Waals surface area contributed by atoms with Crippen LogP contribution < -0.4 is 5.73 Å². The molecule has 1 fully saturated rings. The number of ether oxygens (including phenoxy) is 1. The highest BCUT2D eigenvalue weighted by Gasteiger charge is 2.31. The molecule has 112 valence electrons. The molecule has 1 aromatic carbocycles. The van der Waals surface area contributed by atoms with E-state index in [0.29, 0.717) is 12.0 Å². The summed E-state index contributed by atoms with van der Waals surface area (Å²) in [5.74, 6) is 2.24. The van der Waals surface area contributed by atoms with Gasteiger partial charge in [0.05, 0.1) is 12.7 Å². The van der Waals surface area contributed by atoms with Gasteiger partial charge in [-0.3, -0.25) is 0 Å². The highest BCUT2D eigenvalue weighted by molar-refractivity contribution is 5.46. The summed E-state index contributed by atoms with van der Waals surface area (Å²) >= 11 is 0. The molecule has 3 atom stereocenters. The summed E-state index contributed by atoms with van der Waals surface area (Å²) in [5.41, 5.74) is 8.07. The Morgan fingerprint density at radius 2 is 2.00 bits per heavy atom. The van der Waals surface area contributed by atoms with Gasteiger partial charge >= 0.3 is 0 Å². The third-order valence-corrected chi connectivity index (χ3v) is 4.72. The predicted molar refractivity (Wildman–Crippen MR) is 85.6 cm³/mol. The molecule has 1 aliphatic rings. The molecule has 2 rings (SSSR count). The van der Waals surface area contributed by atoms with Crippen LogP contribution in [0.25, 0.3) is 0 Å². The van der Waals surface area contributed by atoms with Crippen molar-refractivity contribution in [1.29, 1.82) is 0 Å². The standard InChI is InChI=1S/C18H29NO/c1-13(2)16-9-8-14(3)12-18(16)20-11-10-15-6-4-5-7-17(15)19/h4-7,13-14,16,18H,8-12,19H2,1-3H3. The minimum absolute atomic E-state index is 0.434. The van der Waals surface area contributed by atoms with E-state index >= 15 is 0 Å². The van der Waals surface area contributed by atoms with E-state index in [2.05, 4.69) is 26.8 Å². The van der Waals surface area contributed by atoms with Crippen LogP contribution in [-0.4, -0.2) is 12.7 Å². The third-order valence-electron chi connectivity index (χ3n) is 4.72. The van der Waals surface area contributed by atoms with Crippen LogP contribution >= 0.6 is 0 Å². The number of hydrogen-bond donors (Lipinski definition) is 1. The maximum absolute atomic E-state index is 6.23. The zero-order chi connectivity index (χ0) is 14.5. The maximum Gasteiger partial charge on any atom is 0.0608 e. The molecule has 0 saturated heterocycles. The van der Waals surface area contributed by atoms with E-state index in [1.807, 2.05) is 18.2 Å². The molecular weight excluding hydrogens is 246 g/mol. The Labute approximate surface area is 123 Å². The van der Waals surface area contributed by atoms with E-state index in [4.69, 9.17) is 10.5 Å². The quantitative estimate of drug-likeness (QED) is 0.814. The molecule has 1 aromatic rings. The first kappa shape index (κ1) is 15.4. The summed E-state index contributed by atoms with van der Waals surface area (Å²) in [5, 5.41) is 0. The fraction of sp³-hybridized carbons (Fsp3) is 0.667. The Morgan fingerprint density at radius 3 is 2.70 bits per heavy atom. The average Bonchev–Trinajstić information content (AvgIpc) is 2.41. The van der Waals surface area contributed by atoms with Gasteiger partial charge in [0.15, 0.2) is 0 Å². The molecule has 2 N–H and O–H groups in total. The number of rotatable bonds is 5. The molecule has 2 heteroatoms. The van der Waals surface area contributed by atoms with Gasteiger partial charge in [-0.05, 0) is 48.6 Å². The lowest BCUT2D eigenvalue weighted by atomic mass is 9.75. The van der Waals surface area contributed by atoms with Crippen molar-refractivity contribution >= 4 is 5.69 Å². The van der Waals surface area contributed by atoms with Crippen LogP contribution in [-0.2, 0) is 11.2 Å². The fourth-order valence-corrected chi connectivity index (χ4v) is 3.39. The summed E-state index contributed by atoms with van der Waals surface area (Å²) in [6, 6.07) is 8.10. The average molecular weight is 275 g/mol. The maximum atomic E-state index is 6.23. The number of nitrogens with two attached hydrogens (primary N) is 1. The van der Waals surface area contributed by atoms with E-state index in [0.717, 1.165) is 30.6 Å². The molecule has 0 bridgehead atoms. The van der Waals surface area contributed by atoms with E-state index < -0.39 is 0 Å². The second kappa shape index (κ2) is 7.12. The van der Waals surface area contributed by atoms with Crippen molar-refractivity contribution in [3.05, 3.63) is 29.8 Å². The lowest BCUT2D eigenvalue weighted by molar-refractivity contribution is -0.0369. The first-order chi connectivity index (χ1) is 9.58. The first-order valence-corrected chi connectivity index (χ1v) is 8.03. The molecule has 0 aromatic heterocycles. The van der Waals surface area contributed by atoms with Crippen molar-refractivity contribution in [2.75, 3.05) is 12.3 Å². The summed E-state index contributed by atoms with van der Waals surface area (Å²) in [6.07, 6.45) is 5.24. The van der Waals surface area contributed by atoms with Gasteiger partial charge in [-0.1, -0.05) is 45.4 Å². The second-order valence-corrected chi connectivity index (χ2v) is 6.68. The van der Waals surface area contributed by atoms with E-state index in [1.54, 1.807) is 0 Å². The normalized spacial score (nSPS) is 26.9. The summed E-state index contributed by atoms with van der Waals surface area (Å²) in [7, 11) is 0. The van der Waals surface area contributed by atoms with Crippen molar-refractivity contribution in [2.45, 2.75) is 52.6 Å². The summed E-state index contributed by atoms with van der Waals surface area (Å²) in [4.78, 5) is 0. The van der Waals surface area contributed by atoms with Crippen LogP contribution in [0.2, 0.25) is 0 Å². The van der Waals surface area contributed by atoms with Crippen LogP contribution in [0.5, 0.6) is 0 Å². The monoisotopic (exact) mass is 275 g/mol. The minimum Gasteiger partial charge on any atom is -0.399 e. The van der Waals surface area contributed by atoms with Gasteiger partial charge < -0.3 is 10.5 Å². The topological polar surface area (TPSA) is 35.2 Å². The molecule has 0 heterocycles. The number of nitrogen functional groups attached to an aromatic ring is 1. The molecular formula is C18H29NO. The van der Waals surface area contributed by atoms with Gasteiger partial charge in [0.2, 0.25) is 0 Å². The van der Waals surface area contributed by atoms with Crippen molar-refractivity contribution in [3.8, 4) is 0 Å². The molecule has 0 aliphatic heterocycles. The Hall–Kier alpha value is -1.02. The molecule has 20 heavy (non-hydrogen) atoms. The highest BCUT2D eigenvalue weighted by atomic mass is 16.5. The second-order valence-electron chi connectivity index (χ2n) is 6.68. The van der Waals surface area contributed by atoms with E-state index in [1.165, 1.54) is 24.8 Å². The molecule has 0 amide bonds. The van der Waals surface area contributed by atoms with Gasteiger partial charge in [-0.15, -0.1) is 0 Å². The summed E-state index contributed by atoms with van der Waals surface area (Å²) in [6.45, 7) is 7.79. The Morgan fingerprint density at radius 1 is 1.25 bits per heavy atom. The van der Waals surface area contributed by atoms with Crippen LogP contribution in [0.1, 0.15) is 45.6 Å². The van der Waals surface area contributed by atoms with Gasteiger partial charge in [0.1, 0.15) is 0 Å². The van der Waals surface area contributed by atoms with Gasteiger partial charge in [-0.25, -0.2) is 0 Å². The number of para-hydroxylation sites is 1. The number of anilines is 1. The Kier molecular flexibility index (Phi) is 5.47. The number of benzene rings is 1. The lowest BCUT2D eigenvalue weighted by Gasteiger charge is -2.37. The van der Waals surface area contributed by atoms with Crippen molar-refractivity contribution < 1.29 is 4.74 Å². The minimum atomic E-state index is 0.434. The van der Waals surface area contributed by atoms with Crippen LogP contribution in [0.3, 0.4) is 0 Å². The lowest BCUT2D eigenvalue weighted by Crippen LogP contribution is -2.34. The van der Waals surface area contributed by atoms with Crippen LogP contribution in [0.4, 0.5) is 5.69 Å². The van der Waals surface area contributed by atoms with E-state index in [9.17, 15) is 0 Å². The molecule has 3 unspecified atom stereocenters. The van der Waals surface area contributed by atoms with Crippen LogP contribution in [0, 0.1) is 17.8 Å². The Balaban J connectivity index is 1.86. The molecule has 2 nitrogen and oxygen atoms in total. The molecule has 1 aliphatic carbocycles. The smallest absolute Gasteiger partial charge is 0.0608 e. The molecule has 0 spiro atoms. The summed E-state index contributed by atoms with van der Waals surface area (Å²) < 4.78 is 6.23. The number of hydrogen-bond acceptors (Lipinski definition) is 2. The predicted octanol–water partition coefficient (Wildman–Crippen LogP) is 4.29. The highest BCUT2D eigenvalue weighted by Crippen LogP contribution is 2.35. The van der Waals surface area contributed by atoms with Crippen LogP contribution in [0.15, 0.2) is 24.3 Å². The SMILES string of the molecule is CC1CCC(C(C)C)C(OCCc2ccccc2N)C1. The zero-order valence-electron chi connectivity index (χ0n) is 13.1.